The Hall–Kier alpha value is -0.545. The summed E-state index contributed by atoms with van der Waals surface area (Å²) >= 11 is 0. The van der Waals surface area contributed by atoms with Crippen molar-refractivity contribution in [3.8, 4) is 0 Å². The smallest absolute Gasteiger partial charge is 0.373 e. The van der Waals surface area contributed by atoms with Crippen LogP contribution in [0.5, 0.6) is 0 Å². The number of nitrogens with one attached hydrogen (secondary N) is 1. The summed E-state index contributed by atoms with van der Waals surface area (Å²) in [4.78, 5) is 10.5. The Kier molecular flexibility index (Phi) is 6.58. The summed E-state index contributed by atoms with van der Waals surface area (Å²) in [5, 5.41) is 20.5. The summed E-state index contributed by atoms with van der Waals surface area (Å²) < 4.78 is 0. The van der Waals surface area contributed by atoms with E-state index in [1.807, 2.05) is 0 Å². The Morgan fingerprint density at radius 3 is 2.43 bits per heavy atom. The van der Waals surface area contributed by atoms with E-state index in [1.54, 1.807) is 6.82 Å². The summed E-state index contributed by atoms with van der Waals surface area (Å²) in [7, 11) is -0.571. The molecular formula is C9H20BNO3. The van der Waals surface area contributed by atoms with Crippen molar-refractivity contribution in [3.63, 3.8) is 0 Å². The third-order valence-corrected chi connectivity index (χ3v) is 1.97. The van der Waals surface area contributed by atoms with E-state index in [0.717, 1.165) is 6.42 Å². The molecule has 0 saturated heterocycles. The highest BCUT2D eigenvalue weighted by Gasteiger charge is 2.16. The molecule has 0 aliphatic rings. The van der Waals surface area contributed by atoms with Crippen molar-refractivity contribution >= 4 is 13.0 Å². The minimum Gasteiger partial charge on any atom is -0.481 e. The molecule has 5 heteroatoms. The van der Waals surface area contributed by atoms with E-state index in [9.17, 15) is 4.79 Å². The van der Waals surface area contributed by atoms with Gasteiger partial charge in [0, 0.05) is 6.42 Å². The van der Waals surface area contributed by atoms with Crippen LogP contribution in [0.4, 0.5) is 0 Å². The van der Waals surface area contributed by atoms with Crippen LogP contribution in [0.2, 0.25) is 6.82 Å². The number of hydrogen-bond acceptors (Lipinski definition) is 3. The zero-order valence-electron chi connectivity index (χ0n) is 9.16. The van der Waals surface area contributed by atoms with Crippen LogP contribution in [0.1, 0.15) is 26.7 Å². The van der Waals surface area contributed by atoms with Crippen molar-refractivity contribution in [2.24, 2.45) is 11.8 Å². The molecule has 3 N–H and O–H groups in total. The monoisotopic (exact) mass is 201 g/mol. The first-order valence-corrected chi connectivity index (χ1v) is 5.05. The topological polar surface area (TPSA) is 69.6 Å². The molecule has 0 heterocycles. The lowest BCUT2D eigenvalue weighted by atomic mass is 9.86. The van der Waals surface area contributed by atoms with Crippen LogP contribution < -0.4 is 5.23 Å². The minimum atomic E-state index is -0.775. The van der Waals surface area contributed by atoms with Gasteiger partial charge in [0.25, 0.3) is 0 Å². The van der Waals surface area contributed by atoms with Gasteiger partial charge in [0.05, 0.1) is 0 Å². The normalized spacial score (nSPS) is 12.9. The van der Waals surface area contributed by atoms with E-state index < -0.39 is 13.0 Å². The summed E-state index contributed by atoms with van der Waals surface area (Å²) in [5.41, 5.74) is 0. The van der Waals surface area contributed by atoms with Crippen LogP contribution in [-0.4, -0.2) is 29.7 Å². The molecule has 0 aliphatic heterocycles. The first-order chi connectivity index (χ1) is 6.41. The lowest BCUT2D eigenvalue weighted by molar-refractivity contribution is -0.138. The molecule has 0 spiro atoms. The maximum absolute atomic E-state index is 10.5. The van der Waals surface area contributed by atoms with Gasteiger partial charge in [0.2, 0.25) is 0 Å². The van der Waals surface area contributed by atoms with Gasteiger partial charge in [-0.15, -0.1) is 0 Å². The Balaban J connectivity index is 3.90. The van der Waals surface area contributed by atoms with Crippen molar-refractivity contribution in [2.75, 3.05) is 6.54 Å². The summed E-state index contributed by atoms with van der Waals surface area (Å²) in [6.45, 7) is 6.32. The highest BCUT2D eigenvalue weighted by atomic mass is 16.4. The number of carboxylic acids is 1. The van der Waals surface area contributed by atoms with Crippen molar-refractivity contribution in [2.45, 2.75) is 33.5 Å². The Labute approximate surface area is 85.8 Å². The van der Waals surface area contributed by atoms with Crippen molar-refractivity contribution in [1.29, 1.82) is 0 Å². The molecule has 0 amide bonds. The van der Waals surface area contributed by atoms with Crippen LogP contribution in [0.25, 0.3) is 0 Å². The second-order valence-electron chi connectivity index (χ2n) is 4.18. The summed E-state index contributed by atoms with van der Waals surface area (Å²) in [6.07, 6.45) is 1.03. The maximum Gasteiger partial charge on any atom is 0.373 e. The zero-order chi connectivity index (χ0) is 11.1. The van der Waals surface area contributed by atoms with E-state index in [1.165, 1.54) is 0 Å². The molecule has 0 aromatic heterocycles. The average Bonchev–Trinajstić information content (AvgIpc) is 1.97. The molecule has 0 radical (unpaired) electrons. The van der Waals surface area contributed by atoms with Crippen LogP contribution in [0, 0.1) is 11.8 Å². The van der Waals surface area contributed by atoms with Gasteiger partial charge in [-0.25, -0.2) is 0 Å². The molecule has 82 valence electrons. The predicted molar refractivity (Wildman–Crippen MR) is 57.0 cm³/mol. The second kappa shape index (κ2) is 6.84. The van der Waals surface area contributed by atoms with Gasteiger partial charge in [-0.05, 0) is 31.6 Å². The average molecular weight is 201 g/mol. The lowest BCUT2D eigenvalue weighted by Crippen LogP contribution is -2.35. The highest BCUT2D eigenvalue weighted by molar-refractivity contribution is 6.45. The molecule has 4 nitrogen and oxygen atoms in total. The van der Waals surface area contributed by atoms with Gasteiger partial charge in [0.1, 0.15) is 0 Å². The molecule has 0 aromatic carbocycles. The third kappa shape index (κ3) is 8.07. The molecule has 1 unspecified atom stereocenters. The van der Waals surface area contributed by atoms with Gasteiger partial charge < -0.3 is 15.4 Å². The molecule has 14 heavy (non-hydrogen) atoms. The van der Waals surface area contributed by atoms with E-state index in [0.29, 0.717) is 12.5 Å². The van der Waals surface area contributed by atoms with Crippen LogP contribution >= 0.6 is 0 Å². The van der Waals surface area contributed by atoms with E-state index in [-0.39, 0.29) is 12.3 Å². The fourth-order valence-corrected chi connectivity index (χ4v) is 1.49. The van der Waals surface area contributed by atoms with Crippen molar-refractivity contribution < 1.29 is 14.9 Å². The fraction of sp³-hybridized carbons (Fsp3) is 0.889. The third-order valence-electron chi connectivity index (χ3n) is 1.97. The minimum absolute atomic E-state index is 0.0992. The molecule has 1 atom stereocenters. The molecular weight excluding hydrogens is 181 g/mol. The van der Waals surface area contributed by atoms with Crippen LogP contribution in [-0.2, 0) is 4.79 Å². The van der Waals surface area contributed by atoms with Gasteiger partial charge in [-0.3, -0.25) is 4.79 Å². The number of hydrogen-bond donors (Lipinski definition) is 3. The highest BCUT2D eigenvalue weighted by Crippen LogP contribution is 2.14. The SMILES string of the molecule is CB(O)NCC(CC(=O)O)CC(C)C. The predicted octanol–water partition coefficient (Wildman–Crippen LogP) is 0.823. The largest absolute Gasteiger partial charge is 0.481 e. The standard InChI is InChI=1S/C9H20BNO3/c1-7(2)4-8(5-9(12)13)6-11-10(3)14/h7-8,11,14H,4-6H2,1-3H3,(H,12,13). The van der Waals surface area contributed by atoms with Gasteiger partial charge in [-0.2, -0.15) is 0 Å². The van der Waals surface area contributed by atoms with Gasteiger partial charge in [-0.1, -0.05) is 13.8 Å². The molecule has 0 rings (SSSR count). The van der Waals surface area contributed by atoms with Gasteiger partial charge >= 0.3 is 13.0 Å². The Morgan fingerprint density at radius 1 is 1.50 bits per heavy atom. The van der Waals surface area contributed by atoms with Crippen LogP contribution in [0.15, 0.2) is 0 Å². The molecule has 0 aliphatic carbocycles. The molecule has 0 bridgehead atoms. The Bertz CT molecular complexity index is 173. The van der Waals surface area contributed by atoms with Gasteiger partial charge in [0.15, 0.2) is 0 Å². The van der Waals surface area contributed by atoms with E-state index in [2.05, 4.69) is 19.1 Å². The van der Waals surface area contributed by atoms with E-state index >= 15 is 0 Å². The second-order valence-corrected chi connectivity index (χ2v) is 4.18. The Morgan fingerprint density at radius 2 is 2.07 bits per heavy atom. The number of carbonyl (C=O) groups is 1. The quantitative estimate of drug-likeness (QED) is 0.533. The molecule has 0 saturated carbocycles. The van der Waals surface area contributed by atoms with Crippen molar-refractivity contribution in [3.05, 3.63) is 0 Å². The van der Waals surface area contributed by atoms with Crippen molar-refractivity contribution in [1.82, 2.24) is 5.23 Å². The first kappa shape index (κ1) is 13.5. The number of carboxylic acid groups (broad SMARTS) is 1. The van der Waals surface area contributed by atoms with Crippen LogP contribution in [0.3, 0.4) is 0 Å². The number of rotatable bonds is 7. The first-order valence-electron chi connectivity index (χ1n) is 5.05. The summed E-state index contributed by atoms with van der Waals surface area (Å²) in [5.74, 6) is -0.194. The molecule has 0 aromatic rings. The fourth-order valence-electron chi connectivity index (χ4n) is 1.49. The zero-order valence-corrected chi connectivity index (χ0v) is 9.16. The summed E-state index contributed by atoms with van der Waals surface area (Å²) in [6, 6.07) is 0. The number of aliphatic carboxylic acids is 1. The van der Waals surface area contributed by atoms with E-state index in [4.69, 9.17) is 10.1 Å². The lowest BCUT2D eigenvalue weighted by Gasteiger charge is -2.17. The maximum atomic E-state index is 10.5. The molecule has 0 fully saturated rings.